The van der Waals surface area contributed by atoms with Gasteiger partial charge in [0.15, 0.2) is 0 Å². The van der Waals surface area contributed by atoms with Gasteiger partial charge in [-0.3, -0.25) is 4.68 Å². The molecule has 1 atom stereocenters. The summed E-state index contributed by atoms with van der Waals surface area (Å²) in [6.07, 6.45) is 4.94. The molecule has 0 spiro atoms. The van der Waals surface area contributed by atoms with Crippen molar-refractivity contribution in [3.63, 3.8) is 0 Å². The first kappa shape index (κ1) is 14.6. The minimum Gasteiger partial charge on any atom is -0.489 e. The second-order valence-electron chi connectivity index (χ2n) is 5.06. The summed E-state index contributed by atoms with van der Waals surface area (Å²) in [5, 5.41) is 7.60. The van der Waals surface area contributed by atoms with Crippen LogP contribution in [0, 0.1) is 0 Å². The molecule has 0 saturated carbocycles. The van der Waals surface area contributed by atoms with Crippen LogP contribution in [0.25, 0.3) is 0 Å². The lowest BCUT2D eigenvalue weighted by atomic mass is 10.1. The molecule has 108 valence electrons. The lowest BCUT2D eigenvalue weighted by molar-refractivity contribution is 0.306. The van der Waals surface area contributed by atoms with Crippen molar-refractivity contribution in [1.82, 2.24) is 15.1 Å². The molecule has 2 rings (SSSR count). The fraction of sp³-hybridized carbons (Fsp3) is 0.438. The van der Waals surface area contributed by atoms with E-state index in [2.05, 4.69) is 36.4 Å². The molecule has 0 saturated heterocycles. The average molecular weight is 273 g/mol. The zero-order chi connectivity index (χ0) is 14.4. The summed E-state index contributed by atoms with van der Waals surface area (Å²) in [6.45, 7) is 5.95. The second-order valence-corrected chi connectivity index (χ2v) is 5.06. The molecular formula is C16H23N3O. The van der Waals surface area contributed by atoms with Crippen molar-refractivity contribution in [2.24, 2.45) is 7.05 Å². The van der Waals surface area contributed by atoms with Crippen LogP contribution < -0.4 is 10.1 Å². The molecule has 4 nitrogen and oxygen atoms in total. The molecule has 0 bridgehead atoms. The molecule has 0 radical (unpaired) electrons. The van der Waals surface area contributed by atoms with Crippen molar-refractivity contribution in [3.8, 4) is 5.75 Å². The minimum absolute atomic E-state index is 0.377. The molecule has 0 aliphatic heterocycles. The number of aromatic nitrogens is 2. The largest absolute Gasteiger partial charge is 0.489 e. The summed E-state index contributed by atoms with van der Waals surface area (Å²) in [5.41, 5.74) is 2.36. The van der Waals surface area contributed by atoms with Crippen LogP contribution in [0.3, 0.4) is 0 Å². The Kier molecular flexibility index (Phi) is 5.18. The quantitative estimate of drug-likeness (QED) is 0.842. The van der Waals surface area contributed by atoms with Crippen molar-refractivity contribution < 1.29 is 4.74 Å². The van der Waals surface area contributed by atoms with E-state index in [-0.39, 0.29) is 0 Å². The highest BCUT2D eigenvalue weighted by Gasteiger charge is 2.04. The molecule has 0 aliphatic carbocycles. The second kappa shape index (κ2) is 7.10. The number of nitrogens with one attached hydrogen (secondary N) is 1. The molecule has 1 unspecified atom stereocenters. The van der Waals surface area contributed by atoms with Crippen molar-refractivity contribution >= 4 is 0 Å². The predicted octanol–water partition coefficient (Wildman–Crippen LogP) is 3.06. The Morgan fingerprint density at radius 3 is 2.65 bits per heavy atom. The molecule has 0 amide bonds. The summed E-state index contributed by atoms with van der Waals surface area (Å²) in [7, 11) is 1.91. The monoisotopic (exact) mass is 273 g/mol. The van der Waals surface area contributed by atoms with E-state index in [1.54, 1.807) is 4.68 Å². The van der Waals surface area contributed by atoms with Gasteiger partial charge in [-0.05, 0) is 37.6 Å². The van der Waals surface area contributed by atoms with Crippen molar-refractivity contribution in [2.45, 2.75) is 32.9 Å². The molecular weight excluding hydrogens is 250 g/mol. The molecule has 1 aromatic heterocycles. The predicted molar refractivity (Wildman–Crippen MR) is 80.7 cm³/mol. The minimum atomic E-state index is 0.377. The standard InChI is InChI=1S/C16H23N3O/c1-4-9-17-13(2)15-5-7-16(8-6-15)20-12-14-10-18-19(3)11-14/h5-8,10-11,13,17H,4,9,12H2,1-3H3. The fourth-order valence-corrected chi connectivity index (χ4v) is 2.04. The SMILES string of the molecule is CCCNC(C)c1ccc(OCc2cnn(C)c2)cc1. The van der Waals surface area contributed by atoms with Crippen LogP contribution in [-0.2, 0) is 13.7 Å². The van der Waals surface area contributed by atoms with Crippen LogP contribution in [0.4, 0.5) is 0 Å². The van der Waals surface area contributed by atoms with Crippen molar-refractivity contribution in [2.75, 3.05) is 6.54 Å². The van der Waals surface area contributed by atoms with Crippen LogP contribution >= 0.6 is 0 Å². The Morgan fingerprint density at radius 1 is 1.30 bits per heavy atom. The number of hydrogen-bond donors (Lipinski definition) is 1. The average Bonchev–Trinajstić information content (AvgIpc) is 2.89. The number of aryl methyl sites for hydroxylation is 1. The number of nitrogens with zero attached hydrogens (tertiary/aromatic N) is 2. The maximum Gasteiger partial charge on any atom is 0.119 e. The summed E-state index contributed by atoms with van der Waals surface area (Å²) in [5.74, 6) is 0.889. The Balaban J connectivity index is 1.87. The number of ether oxygens (including phenoxy) is 1. The van der Waals surface area contributed by atoms with Gasteiger partial charge in [0.05, 0.1) is 6.20 Å². The van der Waals surface area contributed by atoms with Gasteiger partial charge in [0.25, 0.3) is 0 Å². The molecule has 20 heavy (non-hydrogen) atoms. The number of hydrogen-bond acceptors (Lipinski definition) is 3. The smallest absolute Gasteiger partial charge is 0.119 e. The third kappa shape index (κ3) is 4.10. The molecule has 4 heteroatoms. The Hall–Kier alpha value is -1.81. The molecule has 2 aromatic rings. The van der Waals surface area contributed by atoms with Gasteiger partial charge in [-0.25, -0.2) is 0 Å². The van der Waals surface area contributed by atoms with E-state index in [1.165, 1.54) is 5.56 Å². The Bertz CT molecular complexity index is 519. The highest BCUT2D eigenvalue weighted by atomic mass is 16.5. The summed E-state index contributed by atoms with van der Waals surface area (Å²) >= 11 is 0. The summed E-state index contributed by atoms with van der Waals surface area (Å²) < 4.78 is 7.53. The van der Waals surface area contributed by atoms with Gasteiger partial charge in [0.1, 0.15) is 12.4 Å². The van der Waals surface area contributed by atoms with E-state index >= 15 is 0 Å². The van der Waals surface area contributed by atoms with E-state index in [1.807, 2.05) is 31.6 Å². The van der Waals surface area contributed by atoms with Gasteiger partial charge in [-0.1, -0.05) is 19.1 Å². The maximum absolute atomic E-state index is 5.75. The highest BCUT2D eigenvalue weighted by molar-refractivity contribution is 5.29. The molecule has 1 heterocycles. The zero-order valence-electron chi connectivity index (χ0n) is 12.5. The van der Waals surface area contributed by atoms with Crippen LogP contribution in [0.2, 0.25) is 0 Å². The number of benzene rings is 1. The first-order valence-corrected chi connectivity index (χ1v) is 7.12. The molecule has 0 fully saturated rings. The van der Waals surface area contributed by atoms with Gasteiger partial charge >= 0.3 is 0 Å². The Morgan fingerprint density at radius 2 is 2.05 bits per heavy atom. The fourth-order valence-electron chi connectivity index (χ4n) is 2.04. The van der Waals surface area contributed by atoms with Crippen LogP contribution in [0.1, 0.15) is 37.4 Å². The van der Waals surface area contributed by atoms with Crippen molar-refractivity contribution in [1.29, 1.82) is 0 Å². The van der Waals surface area contributed by atoms with E-state index in [4.69, 9.17) is 4.74 Å². The third-order valence-corrected chi connectivity index (χ3v) is 3.24. The van der Waals surface area contributed by atoms with E-state index in [0.717, 1.165) is 24.3 Å². The van der Waals surface area contributed by atoms with Crippen molar-refractivity contribution in [3.05, 3.63) is 47.8 Å². The topological polar surface area (TPSA) is 39.1 Å². The normalized spacial score (nSPS) is 12.3. The zero-order valence-corrected chi connectivity index (χ0v) is 12.5. The first-order chi connectivity index (χ1) is 9.69. The van der Waals surface area contributed by atoms with E-state index in [9.17, 15) is 0 Å². The van der Waals surface area contributed by atoms with E-state index in [0.29, 0.717) is 12.6 Å². The van der Waals surface area contributed by atoms with Gasteiger partial charge in [-0.15, -0.1) is 0 Å². The lowest BCUT2D eigenvalue weighted by Crippen LogP contribution is -2.19. The van der Waals surface area contributed by atoms with Crippen LogP contribution in [0.5, 0.6) is 5.75 Å². The van der Waals surface area contributed by atoms with Gasteiger partial charge in [0.2, 0.25) is 0 Å². The highest BCUT2D eigenvalue weighted by Crippen LogP contribution is 2.18. The third-order valence-electron chi connectivity index (χ3n) is 3.24. The van der Waals surface area contributed by atoms with E-state index < -0.39 is 0 Å². The first-order valence-electron chi connectivity index (χ1n) is 7.12. The van der Waals surface area contributed by atoms with Crippen LogP contribution in [-0.4, -0.2) is 16.3 Å². The lowest BCUT2D eigenvalue weighted by Gasteiger charge is -2.14. The van der Waals surface area contributed by atoms with Crippen LogP contribution in [0.15, 0.2) is 36.7 Å². The van der Waals surface area contributed by atoms with Gasteiger partial charge in [0, 0.05) is 24.8 Å². The molecule has 1 aromatic carbocycles. The molecule has 1 N–H and O–H groups in total. The summed E-state index contributed by atoms with van der Waals surface area (Å²) in [6, 6.07) is 8.66. The molecule has 0 aliphatic rings. The maximum atomic E-state index is 5.75. The van der Waals surface area contributed by atoms with Gasteiger partial charge in [-0.2, -0.15) is 5.10 Å². The Labute approximate surface area is 120 Å². The summed E-state index contributed by atoms with van der Waals surface area (Å²) in [4.78, 5) is 0. The number of rotatable bonds is 7. The van der Waals surface area contributed by atoms with Gasteiger partial charge < -0.3 is 10.1 Å².